The van der Waals surface area contributed by atoms with Crippen LogP contribution < -0.4 is 0 Å². The summed E-state index contributed by atoms with van der Waals surface area (Å²) in [6.45, 7) is 5.58. The van der Waals surface area contributed by atoms with E-state index in [2.05, 4.69) is 0 Å². The molecule has 3 heteroatoms. The van der Waals surface area contributed by atoms with Crippen molar-refractivity contribution in [1.29, 1.82) is 0 Å². The van der Waals surface area contributed by atoms with Gasteiger partial charge < -0.3 is 14.6 Å². The minimum absolute atomic E-state index is 0.549. The summed E-state index contributed by atoms with van der Waals surface area (Å²) in [4.78, 5) is 0. The van der Waals surface area contributed by atoms with Crippen LogP contribution in [0.15, 0.2) is 0 Å². The molecule has 0 heterocycles. The average Bonchev–Trinajstić information content (AvgIpc) is 1.89. The largest absolute Gasteiger partial charge is 0.382 e. The zero-order valence-electron chi connectivity index (χ0n) is 6.67. The van der Waals surface area contributed by atoms with Crippen LogP contribution in [0, 0.1) is 0 Å². The second kappa shape index (κ2) is 6.99. The summed E-state index contributed by atoms with van der Waals surface area (Å²) >= 11 is 0. The van der Waals surface area contributed by atoms with Crippen molar-refractivity contribution in [2.45, 2.75) is 26.6 Å². The quantitative estimate of drug-likeness (QED) is 0.446. The maximum Gasteiger partial charge on any atom is 0.156 e. The van der Waals surface area contributed by atoms with Crippen molar-refractivity contribution in [3.05, 3.63) is 0 Å². The molecule has 10 heavy (non-hydrogen) atoms. The van der Waals surface area contributed by atoms with E-state index in [4.69, 9.17) is 14.6 Å². The first-order valence-electron chi connectivity index (χ1n) is 3.68. The van der Waals surface area contributed by atoms with Crippen molar-refractivity contribution >= 4 is 0 Å². The van der Waals surface area contributed by atoms with Gasteiger partial charge in [-0.15, -0.1) is 0 Å². The lowest BCUT2D eigenvalue weighted by atomic mass is 10.4. The van der Waals surface area contributed by atoms with Crippen LogP contribution in [0.25, 0.3) is 0 Å². The normalized spacial score (nSPS) is 13.5. The van der Waals surface area contributed by atoms with Gasteiger partial charge in [-0.25, -0.2) is 0 Å². The Balaban J connectivity index is 2.97. The molecule has 0 amide bonds. The minimum Gasteiger partial charge on any atom is -0.382 e. The van der Waals surface area contributed by atoms with E-state index in [0.29, 0.717) is 26.2 Å². The Bertz CT molecular complexity index is 65.9. The molecule has 0 bridgehead atoms. The molecule has 0 rings (SSSR count). The molecule has 0 spiro atoms. The second-order valence-electron chi connectivity index (χ2n) is 1.90. The summed E-state index contributed by atoms with van der Waals surface area (Å²) < 4.78 is 9.87. The fourth-order valence-corrected chi connectivity index (χ4v) is 0.604. The van der Waals surface area contributed by atoms with Crippen LogP contribution >= 0.6 is 0 Å². The molecule has 0 saturated carbocycles. The fraction of sp³-hybridized carbons (Fsp3) is 1.00. The lowest BCUT2D eigenvalue weighted by molar-refractivity contribution is -0.108. The predicted octanol–water partition coefficient (Wildman–Crippen LogP) is 0.768. The first-order valence-corrected chi connectivity index (χ1v) is 3.68. The van der Waals surface area contributed by atoms with Gasteiger partial charge in [0.25, 0.3) is 0 Å². The van der Waals surface area contributed by atoms with Gasteiger partial charge in [-0.3, -0.25) is 0 Å². The van der Waals surface area contributed by atoms with E-state index in [0.717, 1.165) is 0 Å². The molecule has 62 valence electrons. The number of rotatable bonds is 6. The number of aliphatic hydroxyl groups excluding tert-OH is 1. The number of hydrogen-bond donors (Lipinski definition) is 1. The molecule has 0 radical (unpaired) electrons. The van der Waals surface area contributed by atoms with Gasteiger partial charge in [0.05, 0.1) is 6.61 Å². The molecular weight excluding hydrogens is 132 g/mol. The number of hydrogen-bond acceptors (Lipinski definition) is 3. The molecule has 0 aliphatic heterocycles. The molecule has 0 aromatic carbocycles. The Labute approximate surface area is 62.0 Å². The second-order valence-corrected chi connectivity index (χ2v) is 1.90. The molecule has 0 saturated heterocycles. The van der Waals surface area contributed by atoms with Crippen molar-refractivity contribution in [2.75, 3.05) is 19.8 Å². The van der Waals surface area contributed by atoms with Crippen molar-refractivity contribution < 1.29 is 14.6 Å². The zero-order chi connectivity index (χ0) is 7.82. The minimum atomic E-state index is -0.656. The summed E-state index contributed by atoms with van der Waals surface area (Å²) in [5, 5.41) is 8.97. The summed E-state index contributed by atoms with van der Waals surface area (Å²) in [7, 11) is 0. The van der Waals surface area contributed by atoms with Gasteiger partial charge in [0.15, 0.2) is 6.29 Å². The maximum atomic E-state index is 8.97. The molecule has 0 aliphatic carbocycles. The average molecular weight is 148 g/mol. The Hall–Kier alpha value is -0.120. The Kier molecular flexibility index (Phi) is 6.91. The third-order valence-electron chi connectivity index (χ3n) is 1.07. The van der Waals surface area contributed by atoms with Crippen molar-refractivity contribution in [3.63, 3.8) is 0 Å². The smallest absolute Gasteiger partial charge is 0.156 e. The van der Waals surface area contributed by atoms with E-state index in [-0.39, 0.29) is 0 Å². The molecule has 1 N–H and O–H groups in total. The van der Waals surface area contributed by atoms with E-state index >= 15 is 0 Å². The molecule has 1 atom stereocenters. The van der Waals surface area contributed by atoms with Gasteiger partial charge in [0, 0.05) is 19.6 Å². The van der Waals surface area contributed by atoms with Gasteiger partial charge in [-0.1, -0.05) is 0 Å². The SMILES string of the molecule is CCOCCC(O)OCC. The maximum absolute atomic E-state index is 8.97. The lowest BCUT2D eigenvalue weighted by Crippen LogP contribution is -2.14. The zero-order valence-corrected chi connectivity index (χ0v) is 6.67. The van der Waals surface area contributed by atoms with Crippen LogP contribution in [0.5, 0.6) is 0 Å². The van der Waals surface area contributed by atoms with Crippen LogP contribution in [0.2, 0.25) is 0 Å². The highest BCUT2D eigenvalue weighted by atomic mass is 16.6. The lowest BCUT2D eigenvalue weighted by Gasteiger charge is -2.09. The molecule has 0 aliphatic rings. The van der Waals surface area contributed by atoms with Gasteiger partial charge in [0.2, 0.25) is 0 Å². The monoisotopic (exact) mass is 148 g/mol. The van der Waals surface area contributed by atoms with Crippen LogP contribution in [0.4, 0.5) is 0 Å². The van der Waals surface area contributed by atoms with Gasteiger partial charge in [-0.05, 0) is 13.8 Å². The van der Waals surface area contributed by atoms with Crippen molar-refractivity contribution in [2.24, 2.45) is 0 Å². The van der Waals surface area contributed by atoms with Crippen LogP contribution in [-0.2, 0) is 9.47 Å². The van der Waals surface area contributed by atoms with E-state index in [1.165, 1.54) is 0 Å². The van der Waals surface area contributed by atoms with E-state index in [9.17, 15) is 0 Å². The standard InChI is InChI=1S/C7H16O3/c1-3-9-6-5-7(8)10-4-2/h7-8H,3-6H2,1-2H3. The summed E-state index contributed by atoms with van der Waals surface area (Å²) in [5.74, 6) is 0. The third-order valence-corrected chi connectivity index (χ3v) is 1.07. The Morgan fingerprint density at radius 3 is 2.50 bits per heavy atom. The summed E-state index contributed by atoms with van der Waals surface area (Å²) in [6.07, 6.45) is -0.0988. The number of aliphatic hydroxyl groups is 1. The van der Waals surface area contributed by atoms with Gasteiger partial charge in [-0.2, -0.15) is 0 Å². The molecule has 3 nitrogen and oxygen atoms in total. The summed E-state index contributed by atoms with van der Waals surface area (Å²) in [6, 6.07) is 0. The van der Waals surface area contributed by atoms with Crippen molar-refractivity contribution in [3.8, 4) is 0 Å². The highest BCUT2D eigenvalue weighted by molar-refractivity contribution is 4.39. The Morgan fingerprint density at radius 2 is 2.00 bits per heavy atom. The van der Waals surface area contributed by atoms with Crippen molar-refractivity contribution in [1.82, 2.24) is 0 Å². The van der Waals surface area contributed by atoms with Gasteiger partial charge in [0.1, 0.15) is 0 Å². The van der Waals surface area contributed by atoms with E-state index in [1.807, 2.05) is 13.8 Å². The summed E-state index contributed by atoms with van der Waals surface area (Å²) in [5.41, 5.74) is 0. The molecule has 1 unspecified atom stereocenters. The fourth-order valence-electron chi connectivity index (χ4n) is 0.604. The van der Waals surface area contributed by atoms with Crippen LogP contribution in [0.1, 0.15) is 20.3 Å². The van der Waals surface area contributed by atoms with Gasteiger partial charge >= 0.3 is 0 Å². The molecule has 0 aromatic rings. The topological polar surface area (TPSA) is 38.7 Å². The number of ether oxygens (including phenoxy) is 2. The van der Waals surface area contributed by atoms with E-state index in [1.54, 1.807) is 0 Å². The highest BCUT2D eigenvalue weighted by Gasteiger charge is 2.00. The third kappa shape index (κ3) is 6.01. The first kappa shape index (κ1) is 9.88. The molecule has 0 aromatic heterocycles. The molecular formula is C7H16O3. The van der Waals surface area contributed by atoms with E-state index < -0.39 is 6.29 Å². The highest BCUT2D eigenvalue weighted by Crippen LogP contribution is 1.93. The van der Waals surface area contributed by atoms with Crippen LogP contribution in [-0.4, -0.2) is 31.2 Å². The first-order chi connectivity index (χ1) is 4.81. The predicted molar refractivity (Wildman–Crippen MR) is 38.7 cm³/mol. The Morgan fingerprint density at radius 1 is 1.30 bits per heavy atom. The van der Waals surface area contributed by atoms with Crippen LogP contribution in [0.3, 0.4) is 0 Å². The molecule has 0 fully saturated rings.